The maximum absolute atomic E-state index is 13.5. The normalized spacial score (nSPS) is 12.9. The molecule has 1 aromatic heterocycles. The van der Waals surface area contributed by atoms with Crippen LogP contribution in [0.15, 0.2) is 23.6 Å². The van der Waals surface area contributed by atoms with E-state index in [2.05, 4.69) is 0 Å². The van der Waals surface area contributed by atoms with Crippen LogP contribution in [0, 0.1) is 0 Å². The number of carbonyl (C=O) groups excluding carboxylic acids is 3. The number of hydrogen-bond acceptors (Lipinski definition) is 8. The predicted octanol–water partition coefficient (Wildman–Crippen LogP) is 3.33. The van der Waals surface area contributed by atoms with E-state index in [1.54, 1.807) is 37.6 Å². The second-order valence-electron chi connectivity index (χ2n) is 6.82. The van der Waals surface area contributed by atoms with Crippen molar-refractivity contribution in [1.29, 1.82) is 0 Å². The van der Waals surface area contributed by atoms with Gasteiger partial charge in [0.25, 0.3) is 5.91 Å². The number of methoxy groups -OCH3 is 2. The molecule has 0 unspecified atom stereocenters. The summed E-state index contributed by atoms with van der Waals surface area (Å²) in [5.74, 6) is 0.453. The third-order valence-corrected chi connectivity index (χ3v) is 5.75. The van der Waals surface area contributed by atoms with Crippen molar-refractivity contribution in [3.8, 4) is 17.2 Å². The van der Waals surface area contributed by atoms with Crippen LogP contribution in [0.25, 0.3) is 0 Å². The van der Waals surface area contributed by atoms with E-state index in [4.69, 9.17) is 18.9 Å². The van der Waals surface area contributed by atoms with Gasteiger partial charge in [0.2, 0.25) is 0 Å². The van der Waals surface area contributed by atoms with Gasteiger partial charge in [0.05, 0.1) is 39.5 Å². The number of thiophene rings is 1. The lowest BCUT2D eigenvalue weighted by atomic mass is 10.1. The minimum atomic E-state index is -0.534. The highest BCUT2D eigenvalue weighted by molar-refractivity contribution is 7.12. The number of Topliss-reactive ketones (excluding diaryl/α,β-unsaturated/α-hetero) is 1. The number of amides is 1. The first-order chi connectivity index (χ1) is 15.0. The fourth-order valence-electron chi connectivity index (χ4n) is 3.30. The third kappa shape index (κ3) is 5.16. The molecule has 2 aromatic rings. The molecule has 3 rings (SSSR count). The highest BCUT2D eigenvalue weighted by Gasteiger charge is 2.30. The van der Waals surface area contributed by atoms with Crippen LogP contribution in [-0.4, -0.2) is 56.5 Å². The number of nitrogens with zero attached hydrogens (tertiary/aromatic N) is 1. The monoisotopic (exact) mass is 447 g/mol. The Morgan fingerprint density at radius 1 is 1.23 bits per heavy atom. The number of fused-ring (bicyclic) bond motifs is 1. The second kappa shape index (κ2) is 10.3. The fraction of sp³-hybridized carbons (Fsp3) is 0.409. The van der Waals surface area contributed by atoms with Crippen LogP contribution in [0.1, 0.15) is 45.4 Å². The molecule has 166 valence electrons. The quantitative estimate of drug-likeness (QED) is 0.573. The topological polar surface area (TPSA) is 91.4 Å². The van der Waals surface area contributed by atoms with Crippen molar-refractivity contribution >= 4 is 29.0 Å². The van der Waals surface area contributed by atoms with Gasteiger partial charge >= 0.3 is 5.97 Å². The molecular formula is C22H25NO7S. The lowest BCUT2D eigenvalue weighted by Crippen LogP contribution is -2.36. The molecule has 31 heavy (non-hydrogen) atoms. The molecule has 0 spiro atoms. The Bertz CT molecular complexity index is 969. The zero-order valence-corrected chi connectivity index (χ0v) is 18.6. The van der Waals surface area contributed by atoms with Crippen molar-refractivity contribution in [2.24, 2.45) is 0 Å². The average molecular weight is 448 g/mol. The van der Waals surface area contributed by atoms with Crippen LogP contribution in [0.2, 0.25) is 0 Å². The largest absolute Gasteiger partial charge is 0.497 e. The molecule has 1 aliphatic heterocycles. The van der Waals surface area contributed by atoms with E-state index in [9.17, 15) is 14.4 Å². The Labute approximate surface area is 184 Å². The lowest BCUT2D eigenvalue weighted by molar-refractivity contribution is -0.143. The first-order valence-electron chi connectivity index (χ1n) is 9.91. The Hall–Kier alpha value is -3.07. The molecule has 1 aliphatic rings. The van der Waals surface area contributed by atoms with Gasteiger partial charge in [-0.3, -0.25) is 14.4 Å². The van der Waals surface area contributed by atoms with Gasteiger partial charge in [0.1, 0.15) is 28.7 Å². The van der Waals surface area contributed by atoms with Crippen LogP contribution >= 0.6 is 11.3 Å². The zero-order valence-electron chi connectivity index (χ0n) is 17.8. The van der Waals surface area contributed by atoms with E-state index in [1.165, 1.54) is 12.0 Å². The van der Waals surface area contributed by atoms with Crippen LogP contribution < -0.4 is 14.2 Å². The number of benzene rings is 1. The highest BCUT2D eigenvalue weighted by Crippen LogP contribution is 2.34. The van der Waals surface area contributed by atoms with Crippen molar-refractivity contribution in [2.45, 2.75) is 26.3 Å². The van der Waals surface area contributed by atoms with Crippen LogP contribution in [0.5, 0.6) is 17.2 Å². The zero-order chi connectivity index (χ0) is 22.4. The van der Waals surface area contributed by atoms with Gasteiger partial charge in [-0.15, -0.1) is 11.3 Å². The van der Waals surface area contributed by atoms with E-state index < -0.39 is 11.9 Å². The maximum Gasteiger partial charge on any atom is 0.325 e. The van der Waals surface area contributed by atoms with Crippen molar-refractivity contribution in [1.82, 2.24) is 4.90 Å². The minimum Gasteiger partial charge on any atom is -0.497 e. The van der Waals surface area contributed by atoms with Crippen molar-refractivity contribution in [3.05, 3.63) is 39.6 Å². The summed E-state index contributed by atoms with van der Waals surface area (Å²) in [7, 11) is 3.07. The molecule has 0 radical (unpaired) electrons. The molecule has 0 saturated carbocycles. The second-order valence-corrected chi connectivity index (χ2v) is 7.70. The Kier molecular flexibility index (Phi) is 7.51. The van der Waals surface area contributed by atoms with Gasteiger partial charge < -0.3 is 23.8 Å². The van der Waals surface area contributed by atoms with Gasteiger partial charge in [-0.25, -0.2) is 0 Å². The van der Waals surface area contributed by atoms with Crippen molar-refractivity contribution < 1.29 is 33.3 Å². The summed E-state index contributed by atoms with van der Waals surface area (Å²) in [5, 5.41) is 1.67. The summed E-state index contributed by atoms with van der Waals surface area (Å²) >= 11 is 1.14. The molecule has 0 N–H and O–H groups in total. The standard InChI is InChI=1S/C22H25NO7S/c1-4-29-19(25)12-23(11-14-7-8-15(27-2)10-17(14)28-3)22(26)21-20-16(24)6-5-9-30-18(20)13-31-21/h7-8,10,13H,4-6,9,11-12H2,1-3H3. The minimum absolute atomic E-state index is 0.0898. The number of ketones is 1. The molecule has 2 heterocycles. The molecular weight excluding hydrogens is 422 g/mol. The molecule has 8 nitrogen and oxygen atoms in total. The van der Waals surface area contributed by atoms with Crippen LogP contribution in [0.4, 0.5) is 0 Å². The molecule has 1 amide bonds. The molecule has 0 bridgehead atoms. The van der Waals surface area contributed by atoms with Gasteiger partial charge in [-0.1, -0.05) is 0 Å². The van der Waals surface area contributed by atoms with Crippen LogP contribution in [0.3, 0.4) is 0 Å². The average Bonchev–Trinajstić information content (AvgIpc) is 3.11. The smallest absolute Gasteiger partial charge is 0.325 e. The molecule has 0 fully saturated rings. The summed E-state index contributed by atoms with van der Waals surface area (Å²) in [6.07, 6.45) is 0.912. The Morgan fingerprint density at radius 2 is 2.03 bits per heavy atom. The summed E-state index contributed by atoms with van der Waals surface area (Å²) in [4.78, 5) is 39.9. The summed E-state index contributed by atoms with van der Waals surface area (Å²) in [5.41, 5.74) is 0.981. The third-order valence-electron chi connectivity index (χ3n) is 4.80. The van der Waals surface area contributed by atoms with E-state index in [1.807, 2.05) is 0 Å². The first-order valence-corrected chi connectivity index (χ1v) is 10.8. The molecule has 0 aliphatic carbocycles. The fourth-order valence-corrected chi connectivity index (χ4v) is 4.28. The number of carbonyl (C=O) groups is 3. The van der Waals surface area contributed by atoms with Crippen molar-refractivity contribution in [2.75, 3.05) is 34.0 Å². The van der Waals surface area contributed by atoms with E-state index >= 15 is 0 Å². The summed E-state index contributed by atoms with van der Waals surface area (Å²) in [6.45, 7) is 2.16. The van der Waals surface area contributed by atoms with Gasteiger partial charge in [0.15, 0.2) is 5.78 Å². The Balaban J connectivity index is 1.95. The molecule has 1 aromatic carbocycles. The summed E-state index contributed by atoms with van der Waals surface area (Å²) < 4.78 is 21.3. The van der Waals surface area contributed by atoms with Gasteiger partial charge in [-0.05, 0) is 25.5 Å². The SMILES string of the molecule is CCOC(=O)CN(Cc1ccc(OC)cc1OC)C(=O)c1scc2c1C(=O)CCCO2. The number of ether oxygens (including phenoxy) is 4. The maximum atomic E-state index is 13.5. The Morgan fingerprint density at radius 3 is 2.74 bits per heavy atom. The van der Waals surface area contributed by atoms with Crippen molar-refractivity contribution in [3.63, 3.8) is 0 Å². The summed E-state index contributed by atoms with van der Waals surface area (Å²) in [6, 6.07) is 5.22. The molecule has 0 atom stereocenters. The van der Waals surface area contributed by atoms with Gasteiger partial charge in [0, 0.05) is 23.4 Å². The lowest BCUT2D eigenvalue weighted by Gasteiger charge is -2.23. The predicted molar refractivity (Wildman–Crippen MR) is 114 cm³/mol. The van der Waals surface area contributed by atoms with Crippen LogP contribution in [-0.2, 0) is 16.1 Å². The number of esters is 1. The molecule has 9 heteroatoms. The van der Waals surface area contributed by atoms with E-state index in [-0.39, 0.29) is 30.4 Å². The first kappa shape index (κ1) is 22.6. The number of hydrogen-bond donors (Lipinski definition) is 0. The van der Waals surface area contributed by atoms with Gasteiger partial charge in [-0.2, -0.15) is 0 Å². The molecule has 0 saturated heterocycles. The highest BCUT2D eigenvalue weighted by atomic mass is 32.1. The van der Waals surface area contributed by atoms with E-state index in [0.717, 1.165) is 11.3 Å². The van der Waals surface area contributed by atoms with E-state index in [0.29, 0.717) is 47.8 Å². The number of rotatable bonds is 8.